The van der Waals surface area contributed by atoms with Crippen LogP contribution in [0.3, 0.4) is 0 Å². The topological polar surface area (TPSA) is 56.5 Å². The second-order valence-electron chi connectivity index (χ2n) is 3.38. The number of nitrogens with zero attached hydrogens (tertiary/aromatic N) is 2. The molecule has 1 unspecified atom stereocenters. The number of aryl methyl sites for hydroxylation is 1. The second-order valence-corrected chi connectivity index (χ2v) is 3.38. The average Bonchev–Trinajstić information content (AvgIpc) is 2.59. The number of hydrogen-bond donors (Lipinski definition) is 1. The molecule has 0 saturated heterocycles. The van der Waals surface area contributed by atoms with E-state index >= 15 is 0 Å². The number of aromatic nitrogens is 2. The van der Waals surface area contributed by atoms with Crippen LogP contribution in [0, 0.1) is 0 Å². The Balaban J connectivity index is 2.18. The highest BCUT2D eigenvalue weighted by Gasteiger charge is 2.08. The van der Waals surface area contributed by atoms with E-state index in [1.807, 2.05) is 17.8 Å². The highest BCUT2D eigenvalue weighted by molar-refractivity contribution is 4.92. The standard InChI is InChI=1S/C10H18N2O3/c1-12-4-3-11-10(12)7-9(13)8-15-6-5-14-2/h3-4,9,13H,5-8H2,1-2H3. The molecule has 1 heterocycles. The lowest BCUT2D eigenvalue weighted by atomic mass is 10.2. The monoisotopic (exact) mass is 214 g/mol. The molecule has 1 aromatic heterocycles. The maximum absolute atomic E-state index is 9.63. The number of imidazole rings is 1. The summed E-state index contributed by atoms with van der Waals surface area (Å²) >= 11 is 0. The summed E-state index contributed by atoms with van der Waals surface area (Å²) in [6.45, 7) is 1.37. The number of aliphatic hydroxyl groups is 1. The molecule has 5 heteroatoms. The molecular weight excluding hydrogens is 196 g/mol. The smallest absolute Gasteiger partial charge is 0.111 e. The zero-order chi connectivity index (χ0) is 11.1. The largest absolute Gasteiger partial charge is 0.390 e. The molecule has 1 aromatic rings. The van der Waals surface area contributed by atoms with Crippen LogP contribution >= 0.6 is 0 Å². The molecule has 0 aromatic carbocycles. The summed E-state index contributed by atoms with van der Waals surface area (Å²) in [7, 11) is 3.52. The molecule has 0 amide bonds. The van der Waals surface area contributed by atoms with Crippen LogP contribution in [0.1, 0.15) is 5.82 Å². The average molecular weight is 214 g/mol. The Labute approximate surface area is 89.6 Å². The fourth-order valence-corrected chi connectivity index (χ4v) is 1.22. The zero-order valence-electron chi connectivity index (χ0n) is 9.22. The molecule has 1 N–H and O–H groups in total. The normalized spacial score (nSPS) is 13.0. The van der Waals surface area contributed by atoms with E-state index < -0.39 is 6.10 Å². The first-order valence-corrected chi connectivity index (χ1v) is 4.95. The van der Waals surface area contributed by atoms with E-state index in [0.29, 0.717) is 26.2 Å². The molecule has 5 nitrogen and oxygen atoms in total. The van der Waals surface area contributed by atoms with Crippen molar-refractivity contribution in [3.8, 4) is 0 Å². The van der Waals surface area contributed by atoms with Crippen molar-refractivity contribution < 1.29 is 14.6 Å². The van der Waals surface area contributed by atoms with Gasteiger partial charge in [-0.25, -0.2) is 4.98 Å². The number of aliphatic hydroxyl groups excluding tert-OH is 1. The summed E-state index contributed by atoms with van der Waals surface area (Å²) in [5, 5.41) is 9.63. The van der Waals surface area contributed by atoms with Crippen LogP contribution in [-0.2, 0) is 22.9 Å². The Morgan fingerprint density at radius 1 is 1.53 bits per heavy atom. The molecule has 1 atom stereocenters. The van der Waals surface area contributed by atoms with E-state index in [0.717, 1.165) is 5.82 Å². The van der Waals surface area contributed by atoms with Crippen molar-refractivity contribution in [2.75, 3.05) is 26.9 Å². The summed E-state index contributed by atoms with van der Waals surface area (Å²) in [4.78, 5) is 4.12. The molecule has 0 radical (unpaired) electrons. The van der Waals surface area contributed by atoms with Crippen LogP contribution in [0.15, 0.2) is 12.4 Å². The summed E-state index contributed by atoms with van der Waals surface area (Å²) in [5.74, 6) is 0.859. The maximum Gasteiger partial charge on any atom is 0.111 e. The van der Waals surface area contributed by atoms with Gasteiger partial charge in [0.15, 0.2) is 0 Å². The molecule has 0 aliphatic rings. The minimum atomic E-state index is -0.511. The van der Waals surface area contributed by atoms with Gasteiger partial charge in [0.2, 0.25) is 0 Å². The molecule has 1 rings (SSSR count). The summed E-state index contributed by atoms with van der Waals surface area (Å²) in [5.41, 5.74) is 0. The molecule has 0 fully saturated rings. The predicted molar refractivity (Wildman–Crippen MR) is 55.6 cm³/mol. The lowest BCUT2D eigenvalue weighted by molar-refractivity contribution is 0.0128. The van der Waals surface area contributed by atoms with Crippen LogP contribution in [-0.4, -0.2) is 47.7 Å². The first-order chi connectivity index (χ1) is 7.24. The quantitative estimate of drug-likeness (QED) is 0.648. The molecule has 0 bridgehead atoms. The number of methoxy groups -OCH3 is 1. The second kappa shape index (κ2) is 6.55. The van der Waals surface area contributed by atoms with Gasteiger partial charge in [0.25, 0.3) is 0 Å². The zero-order valence-corrected chi connectivity index (χ0v) is 9.22. The van der Waals surface area contributed by atoms with Crippen molar-refractivity contribution in [1.82, 2.24) is 9.55 Å². The Bertz CT molecular complexity index is 275. The van der Waals surface area contributed by atoms with Crippen LogP contribution < -0.4 is 0 Å². The van der Waals surface area contributed by atoms with Gasteiger partial charge in [0.1, 0.15) is 5.82 Å². The number of ether oxygens (including phenoxy) is 2. The molecule has 86 valence electrons. The lowest BCUT2D eigenvalue weighted by Gasteiger charge is -2.10. The van der Waals surface area contributed by atoms with E-state index in [4.69, 9.17) is 9.47 Å². The Morgan fingerprint density at radius 2 is 2.33 bits per heavy atom. The first kappa shape index (κ1) is 12.2. The molecule has 0 aliphatic heterocycles. The van der Waals surface area contributed by atoms with Crippen molar-refractivity contribution in [3.63, 3.8) is 0 Å². The van der Waals surface area contributed by atoms with Gasteiger partial charge in [0.05, 0.1) is 25.9 Å². The molecular formula is C10H18N2O3. The van der Waals surface area contributed by atoms with Gasteiger partial charge in [-0.15, -0.1) is 0 Å². The van der Waals surface area contributed by atoms with Crippen molar-refractivity contribution in [1.29, 1.82) is 0 Å². The van der Waals surface area contributed by atoms with Gasteiger partial charge in [0, 0.05) is 33.0 Å². The van der Waals surface area contributed by atoms with E-state index in [2.05, 4.69) is 4.98 Å². The molecule has 0 aliphatic carbocycles. The third-order valence-electron chi connectivity index (χ3n) is 2.08. The minimum absolute atomic E-state index is 0.316. The third kappa shape index (κ3) is 4.42. The van der Waals surface area contributed by atoms with Crippen molar-refractivity contribution in [2.45, 2.75) is 12.5 Å². The Hall–Kier alpha value is -0.910. The summed E-state index contributed by atoms with van der Waals surface area (Å²) in [6.07, 6.45) is 3.57. The third-order valence-corrected chi connectivity index (χ3v) is 2.08. The highest BCUT2D eigenvalue weighted by atomic mass is 16.5. The van der Waals surface area contributed by atoms with Gasteiger partial charge < -0.3 is 19.1 Å². The SMILES string of the molecule is COCCOCC(O)Cc1nccn1C. The Kier molecular flexibility index (Phi) is 5.31. The van der Waals surface area contributed by atoms with Gasteiger partial charge in [-0.3, -0.25) is 0 Å². The van der Waals surface area contributed by atoms with E-state index in [-0.39, 0.29) is 0 Å². The van der Waals surface area contributed by atoms with Crippen LogP contribution in [0.25, 0.3) is 0 Å². The Morgan fingerprint density at radius 3 is 2.93 bits per heavy atom. The van der Waals surface area contributed by atoms with Gasteiger partial charge >= 0.3 is 0 Å². The highest BCUT2D eigenvalue weighted by Crippen LogP contribution is 2.00. The maximum atomic E-state index is 9.63. The van der Waals surface area contributed by atoms with Crippen LogP contribution in [0.5, 0.6) is 0 Å². The summed E-state index contributed by atoms with van der Waals surface area (Å²) < 4.78 is 11.9. The lowest BCUT2D eigenvalue weighted by Crippen LogP contribution is -2.21. The predicted octanol–water partition coefficient (Wildman–Crippen LogP) is -0.0135. The van der Waals surface area contributed by atoms with Gasteiger partial charge in [-0.05, 0) is 0 Å². The summed E-state index contributed by atoms with van der Waals surface area (Å²) in [6, 6.07) is 0. The van der Waals surface area contributed by atoms with Crippen LogP contribution in [0.4, 0.5) is 0 Å². The van der Waals surface area contributed by atoms with E-state index in [1.165, 1.54) is 0 Å². The van der Waals surface area contributed by atoms with Gasteiger partial charge in [-0.2, -0.15) is 0 Å². The fourth-order valence-electron chi connectivity index (χ4n) is 1.22. The van der Waals surface area contributed by atoms with E-state index in [1.54, 1.807) is 13.3 Å². The van der Waals surface area contributed by atoms with Gasteiger partial charge in [-0.1, -0.05) is 0 Å². The van der Waals surface area contributed by atoms with Crippen LogP contribution in [0.2, 0.25) is 0 Å². The first-order valence-electron chi connectivity index (χ1n) is 4.95. The van der Waals surface area contributed by atoms with Crippen molar-refractivity contribution in [3.05, 3.63) is 18.2 Å². The minimum Gasteiger partial charge on any atom is -0.390 e. The van der Waals surface area contributed by atoms with Crippen molar-refractivity contribution >= 4 is 0 Å². The molecule has 15 heavy (non-hydrogen) atoms. The molecule has 0 spiro atoms. The van der Waals surface area contributed by atoms with Crippen molar-refractivity contribution in [2.24, 2.45) is 7.05 Å². The molecule has 0 saturated carbocycles. The number of rotatable bonds is 7. The fraction of sp³-hybridized carbons (Fsp3) is 0.700. The van der Waals surface area contributed by atoms with E-state index in [9.17, 15) is 5.11 Å². The number of hydrogen-bond acceptors (Lipinski definition) is 4.